The van der Waals surface area contributed by atoms with Gasteiger partial charge in [0.15, 0.2) is 0 Å². The first-order valence-corrected chi connectivity index (χ1v) is 6.05. The van der Waals surface area contributed by atoms with Crippen LogP contribution in [0.4, 0.5) is 5.69 Å². The van der Waals surface area contributed by atoms with E-state index in [2.05, 4.69) is 30.1 Å². The summed E-state index contributed by atoms with van der Waals surface area (Å²) < 4.78 is 0. The first-order valence-electron chi connectivity index (χ1n) is 6.05. The molecule has 1 aliphatic carbocycles. The summed E-state index contributed by atoms with van der Waals surface area (Å²) in [5.41, 5.74) is 11.9. The van der Waals surface area contributed by atoms with E-state index in [0.717, 1.165) is 24.1 Å². The van der Waals surface area contributed by atoms with Crippen molar-refractivity contribution in [1.82, 2.24) is 4.98 Å². The number of aromatic nitrogens is 1. The van der Waals surface area contributed by atoms with E-state index in [9.17, 15) is 0 Å². The number of anilines is 1. The quantitative estimate of drug-likeness (QED) is 0.756. The minimum Gasteiger partial charge on any atom is -0.399 e. The lowest BCUT2D eigenvalue weighted by Crippen LogP contribution is -2.00. The van der Waals surface area contributed by atoms with Crippen LogP contribution in [0.5, 0.6) is 0 Å². The molecule has 0 spiro atoms. The Hall–Kier alpha value is -1.83. The van der Waals surface area contributed by atoms with Crippen molar-refractivity contribution in [3.63, 3.8) is 0 Å². The van der Waals surface area contributed by atoms with Gasteiger partial charge in [-0.15, -0.1) is 0 Å². The Kier molecular flexibility index (Phi) is 2.36. The first-order chi connectivity index (χ1) is 8.25. The number of nitrogens with two attached hydrogens (primary N) is 1. The Morgan fingerprint density at radius 3 is 3.00 bits per heavy atom. The van der Waals surface area contributed by atoms with Gasteiger partial charge in [-0.05, 0) is 48.6 Å². The summed E-state index contributed by atoms with van der Waals surface area (Å²) in [6.07, 6.45) is 4.19. The van der Waals surface area contributed by atoms with E-state index < -0.39 is 0 Å². The molecule has 0 aliphatic heterocycles. The highest BCUT2D eigenvalue weighted by molar-refractivity contribution is 5.50. The number of pyridine rings is 1. The Morgan fingerprint density at radius 2 is 2.18 bits per heavy atom. The molecule has 3 rings (SSSR count). The molecule has 0 amide bonds. The third kappa shape index (κ3) is 1.70. The lowest BCUT2D eigenvalue weighted by Gasteiger charge is -2.12. The van der Waals surface area contributed by atoms with Gasteiger partial charge in [-0.2, -0.15) is 0 Å². The first kappa shape index (κ1) is 10.3. The van der Waals surface area contributed by atoms with Crippen molar-refractivity contribution < 1.29 is 0 Å². The molecule has 0 bridgehead atoms. The zero-order valence-corrected chi connectivity index (χ0v) is 9.98. The molecular formula is C15H16N2. The maximum Gasteiger partial charge on any atom is 0.0510 e. The van der Waals surface area contributed by atoms with Crippen LogP contribution < -0.4 is 5.73 Å². The largest absolute Gasteiger partial charge is 0.399 e. The van der Waals surface area contributed by atoms with Crippen LogP contribution in [0, 0.1) is 6.92 Å². The minimum absolute atomic E-state index is 0.450. The predicted octanol–water partition coefficient (Wildman–Crippen LogP) is 3.05. The van der Waals surface area contributed by atoms with E-state index in [0.29, 0.717) is 5.92 Å². The van der Waals surface area contributed by atoms with Crippen LogP contribution in [0.15, 0.2) is 36.5 Å². The topological polar surface area (TPSA) is 38.9 Å². The number of fused-ring (bicyclic) bond motifs is 1. The van der Waals surface area contributed by atoms with Gasteiger partial charge in [0.1, 0.15) is 0 Å². The van der Waals surface area contributed by atoms with Gasteiger partial charge in [0.25, 0.3) is 0 Å². The number of benzene rings is 1. The second kappa shape index (κ2) is 3.88. The lowest BCUT2D eigenvalue weighted by atomic mass is 9.94. The van der Waals surface area contributed by atoms with Crippen LogP contribution in [0.3, 0.4) is 0 Å². The molecule has 2 heteroatoms. The number of hydrogen-bond acceptors (Lipinski definition) is 2. The Balaban J connectivity index is 2.04. The molecule has 1 aromatic carbocycles. The lowest BCUT2D eigenvalue weighted by molar-refractivity contribution is 0.771. The third-order valence-electron chi connectivity index (χ3n) is 3.65. The molecule has 2 nitrogen and oxygen atoms in total. The summed E-state index contributed by atoms with van der Waals surface area (Å²) in [5, 5.41) is 0. The van der Waals surface area contributed by atoms with Gasteiger partial charge in [0.05, 0.1) is 5.69 Å². The molecule has 0 radical (unpaired) electrons. The van der Waals surface area contributed by atoms with Crippen LogP contribution in [0.2, 0.25) is 0 Å². The molecule has 0 saturated carbocycles. The molecule has 17 heavy (non-hydrogen) atoms. The molecular weight excluding hydrogens is 208 g/mol. The van der Waals surface area contributed by atoms with E-state index in [1.807, 2.05) is 18.3 Å². The summed E-state index contributed by atoms with van der Waals surface area (Å²) in [5.74, 6) is 0.450. The van der Waals surface area contributed by atoms with Gasteiger partial charge in [-0.3, -0.25) is 4.98 Å². The van der Waals surface area contributed by atoms with E-state index in [1.165, 1.54) is 16.8 Å². The molecule has 2 N–H and O–H groups in total. The molecule has 1 aliphatic rings. The van der Waals surface area contributed by atoms with Crippen LogP contribution in [-0.4, -0.2) is 4.98 Å². The number of nitrogen functional groups attached to an aromatic ring is 1. The highest BCUT2D eigenvalue weighted by Gasteiger charge is 2.24. The molecule has 1 heterocycles. The van der Waals surface area contributed by atoms with Gasteiger partial charge in [-0.25, -0.2) is 0 Å². The Labute approximate surface area is 102 Å². The third-order valence-corrected chi connectivity index (χ3v) is 3.65. The fourth-order valence-corrected chi connectivity index (χ4v) is 2.65. The molecule has 0 saturated heterocycles. The van der Waals surface area contributed by atoms with Gasteiger partial charge in [0, 0.05) is 17.8 Å². The average molecular weight is 224 g/mol. The van der Waals surface area contributed by atoms with Crippen LogP contribution in [0.1, 0.15) is 34.7 Å². The molecule has 86 valence electrons. The average Bonchev–Trinajstić information content (AvgIpc) is 2.76. The van der Waals surface area contributed by atoms with Crippen LogP contribution in [-0.2, 0) is 6.42 Å². The van der Waals surface area contributed by atoms with E-state index in [1.54, 1.807) is 0 Å². The summed E-state index contributed by atoms with van der Waals surface area (Å²) in [4.78, 5) is 4.54. The smallest absolute Gasteiger partial charge is 0.0510 e. The fraction of sp³-hybridized carbons (Fsp3) is 0.267. The molecule has 1 aromatic heterocycles. The summed E-state index contributed by atoms with van der Waals surface area (Å²) >= 11 is 0. The summed E-state index contributed by atoms with van der Waals surface area (Å²) in [6.45, 7) is 2.06. The number of rotatable bonds is 1. The maximum atomic E-state index is 5.87. The zero-order chi connectivity index (χ0) is 11.8. The van der Waals surface area contributed by atoms with Crippen molar-refractivity contribution in [3.05, 3.63) is 58.9 Å². The van der Waals surface area contributed by atoms with Gasteiger partial charge in [-0.1, -0.05) is 18.2 Å². The van der Waals surface area contributed by atoms with Crippen LogP contribution in [0.25, 0.3) is 0 Å². The standard InChI is InChI=1S/C15H16N2/c1-10-9-12(5-7-14(10)16)13-6-4-11-3-2-8-17-15(11)13/h2-3,5,7-9,13H,4,6,16H2,1H3. The van der Waals surface area contributed by atoms with E-state index in [-0.39, 0.29) is 0 Å². The zero-order valence-electron chi connectivity index (χ0n) is 9.98. The second-order valence-corrected chi connectivity index (χ2v) is 4.76. The second-order valence-electron chi connectivity index (χ2n) is 4.76. The number of aryl methyl sites for hydroxylation is 2. The van der Waals surface area contributed by atoms with Gasteiger partial charge in [0.2, 0.25) is 0 Å². The monoisotopic (exact) mass is 224 g/mol. The predicted molar refractivity (Wildman–Crippen MR) is 70.0 cm³/mol. The highest BCUT2D eigenvalue weighted by atomic mass is 14.7. The van der Waals surface area contributed by atoms with Crippen molar-refractivity contribution >= 4 is 5.69 Å². The fourth-order valence-electron chi connectivity index (χ4n) is 2.65. The van der Waals surface area contributed by atoms with Gasteiger partial charge < -0.3 is 5.73 Å². The maximum absolute atomic E-state index is 5.87. The molecule has 0 fully saturated rings. The van der Waals surface area contributed by atoms with Gasteiger partial charge >= 0.3 is 0 Å². The SMILES string of the molecule is Cc1cc(C2CCc3cccnc32)ccc1N. The number of nitrogens with zero attached hydrogens (tertiary/aromatic N) is 1. The van der Waals surface area contributed by atoms with Crippen molar-refractivity contribution in [3.8, 4) is 0 Å². The molecule has 1 unspecified atom stereocenters. The van der Waals surface area contributed by atoms with Crippen molar-refractivity contribution in [2.75, 3.05) is 5.73 Å². The summed E-state index contributed by atoms with van der Waals surface area (Å²) in [6, 6.07) is 10.5. The number of hydrogen-bond donors (Lipinski definition) is 1. The normalized spacial score (nSPS) is 18.1. The van der Waals surface area contributed by atoms with Crippen LogP contribution >= 0.6 is 0 Å². The Morgan fingerprint density at radius 1 is 1.29 bits per heavy atom. The van der Waals surface area contributed by atoms with Crippen molar-refractivity contribution in [2.45, 2.75) is 25.7 Å². The van der Waals surface area contributed by atoms with E-state index in [4.69, 9.17) is 5.73 Å². The Bertz CT molecular complexity index is 561. The van der Waals surface area contributed by atoms with Crippen molar-refractivity contribution in [1.29, 1.82) is 0 Å². The minimum atomic E-state index is 0.450. The molecule has 2 aromatic rings. The molecule has 1 atom stereocenters. The highest BCUT2D eigenvalue weighted by Crippen LogP contribution is 2.37. The van der Waals surface area contributed by atoms with Crippen molar-refractivity contribution in [2.24, 2.45) is 0 Å². The van der Waals surface area contributed by atoms with E-state index >= 15 is 0 Å². The summed E-state index contributed by atoms with van der Waals surface area (Å²) in [7, 11) is 0.